The Morgan fingerprint density at radius 3 is 2.66 bits per heavy atom. The Kier molecular flexibility index (Phi) is 9.19. The first kappa shape index (κ1) is 29.0. The number of hydrogen-bond donors (Lipinski definition) is 3. The standard InChI is InChI=1S/C31H42N6O4/c1-22-27(19-32-36(22)2)33-28(38)21-37-15-11-25-24(20-37)10-6-7-12-31(13-16-41-17-14-31)30(40)35-26(29(39)34-25)18-23-8-4-3-5-9-23/h3-9,19,24-26H,10-18,20-21H2,1-2H3,(H,33,38)(H,34,39)(H,35,40)/b7-6+/t24-,25+,26-/m1/s1. The lowest BCUT2D eigenvalue weighted by Gasteiger charge is -2.40. The van der Waals surface area contributed by atoms with Gasteiger partial charge < -0.3 is 20.7 Å². The first-order valence-corrected chi connectivity index (χ1v) is 14.7. The van der Waals surface area contributed by atoms with E-state index in [1.807, 2.05) is 44.3 Å². The average Bonchev–Trinajstić information content (AvgIpc) is 3.28. The van der Waals surface area contributed by atoms with Gasteiger partial charge >= 0.3 is 0 Å². The smallest absolute Gasteiger partial charge is 0.243 e. The molecule has 10 nitrogen and oxygen atoms in total. The summed E-state index contributed by atoms with van der Waals surface area (Å²) in [6.45, 7) is 4.68. The molecule has 1 aromatic carbocycles. The first-order valence-electron chi connectivity index (χ1n) is 14.7. The Bertz CT molecular complexity index is 1250. The molecule has 3 aliphatic rings. The quantitative estimate of drug-likeness (QED) is 0.482. The number of ether oxygens (including phenoxy) is 1. The second-order valence-electron chi connectivity index (χ2n) is 11.7. The van der Waals surface area contributed by atoms with Gasteiger partial charge in [0.25, 0.3) is 0 Å². The van der Waals surface area contributed by atoms with Gasteiger partial charge in [-0.2, -0.15) is 5.10 Å². The number of aromatic nitrogens is 2. The minimum absolute atomic E-state index is 0.0429. The number of anilines is 1. The van der Waals surface area contributed by atoms with Gasteiger partial charge in [0.05, 0.1) is 29.5 Å². The van der Waals surface area contributed by atoms with Crippen molar-refractivity contribution >= 4 is 23.4 Å². The molecule has 0 radical (unpaired) electrons. The van der Waals surface area contributed by atoms with Crippen molar-refractivity contribution in [1.82, 2.24) is 25.3 Å². The van der Waals surface area contributed by atoms with Crippen LogP contribution in [0.25, 0.3) is 0 Å². The fraction of sp³-hybridized carbons (Fsp3) is 0.548. The molecular formula is C31H42N6O4. The molecule has 0 saturated carbocycles. The Balaban J connectivity index is 1.32. The van der Waals surface area contributed by atoms with E-state index in [4.69, 9.17) is 4.74 Å². The molecule has 0 unspecified atom stereocenters. The highest BCUT2D eigenvalue weighted by Crippen LogP contribution is 2.36. The predicted octanol–water partition coefficient (Wildman–Crippen LogP) is 2.35. The average molecular weight is 563 g/mol. The van der Waals surface area contributed by atoms with E-state index in [1.165, 1.54) is 0 Å². The van der Waals surface area contributed by atoms with E-state index in [9.17, 15) is 14.4 Å². The van der Waals surface area contributed by atoms with Crippen LogP contribution < -0.4 is 16.0 Å². The molecule has 3 atom stereocenters. The first-order chi connectivity index (χ1) is 19.8. The van der Waals surface area contributed by atoms with Gasteiger partial charge in [0.1, 0.15) is 6.04 Å². The number of hydrogen-bond acceptors (Lipinski definition) is 6. The van der Waals surface area contributed by atoms with Crippen LogP contribution in [0.3, 0.4) is 0 Å². The van der Waals surface area contributed by atoms with Crippen molar-refractivity contribution in [3.05, 3.63) is 59.9 Å². The summed E-state index contributed by atoms with van der Waals surface area (Å²) < 4.78 is 7.33. The molecule has 2 aromatic rings. The molecule has 220 valence electrons. The molecular weight excluding hydrogens is 520 g/mol. The second kappa shape index (κ2) is 13.0. The maximum absolute atomic E-state index is 13.7. The third kappa shape index (κ3) is 7.05. The summed E-state index contributed by atoms with van der Waals surface area (Å²) >= 11 is 0. The summed E-state index contributed by atoms with van der Waals surface area (Å²) in [6.07, 6.45) is 9.77. The largest absolute Gasteiger partial charge is 0.381 e. The lowest BCUT2D eigenvalue weighted by molar-refractivity contribution is -0.140. The van der Waals surface area contributed by atoms with Gasteiger partial charge in [0.2, 0.25) is 17.7 Å². The van der Waals surface area contributed by atoms with Crippen molar-refractivity contribution < 1.29 is 19.1 Å². The molecule has 3 N–H and O–H groups in total. The highest BCUT2D eigenvalue weighted by molar-refractivity contribution is 5.93. The van der Waals surface area contributed by atoms with Crippen molar-refractivity contribution in [2.45, 2.75) is 57.5 Å². The van der Waals surface area contributed by atoms with E-state index in [0.29, 0.717) is 52.0 Å². The molecule has 10 heteroatoms. The van der Waals surface area contributed by atoms with Crippen LogP contribution in [0.1, 0.15) is 43.4 Å². The lowest BCUT2D eigenvalue weighted by atomic mass is 9.75. The molecule has 4 heterocycles. The normalized spacial score (nSPS) is 26.1. The number of aryl methyl sites for hydroxylation is 1. The van der Waals surface area contributed by atoms with Gasteiger partial charge in [-0.1, -0.05) is 42.5 Å². The molecule has 0 aliphatic carbocycles. The third-order valence-corrected chi connectivity index (χ3v) is 8.97. The van der Waals surface area contributed by atoms with E-state index in [2.05, 4.69) is 38.1 Å². The highest BCUT2D eigenvalue weighted by atomic mass is 16.5. The molecule has 2 saturated heterocycles. The van der Waals surface area contributed by atoms with Crippen LogP contribution in [0.4, 0.5) is 5.69 Å². The predicted molar refractivity (Wildman–Crippen MR) is 156 cm³/mol. The van der Waals surface area contributed by atoms with Crippen molar-refractivity contribution in [2.75, 3.05) is 38.2 Å². The van der Waals surface area contributed by atoms with Crippen LogP contribution in [-0.2, 0) is 32.6 Å². The number of nitrogens with zero attached hydrogens (tertiary/aromatic N) is 3. The summed E-state index contributed by atoms with van der Waals surface area (Å²) in [4.78, 5) is 42.5. The number of fused-ring (bicyclic) bond motifs is 1. The van der Waals surface area contributed by atoms with Crippen LogP contribution in [0.5, 0.6) is 0 Å². The number of rotatable bonds is 5. The molecule has 3 aliphatic heterocycles. The monoisotopic (exact) mass is 562 g/mol. The summed E-state index contributed by atoms with van der Waals surface area (Å²) in [5, 5.41) is 13.6. The molecule has 1 spiro atoms. The molecule has 1 aromatic heterocycles. The third-order valence-electron chi connectivity index (χ3n) is 8.97. The fourth-order valence-corrected chi connectivity index (χ4v) is 6.21. The van der Waals surface area contributed by atoms with Crippen LogP contribution in [0.2, 0.25) is 0 Å². The van der Waals surface area contributed by atoms with Crippen LogP contribution >= 0.6 is 0 Å². The zero-order valence-corrected chi connectivity index (χ0v) is 24.1. The molecule has 5 rings (SSSR count). The Labute approximate surface area is 241 Å². The van der Waals surface area contributed by atoms with Gasteiger partial charge in [-0.3, -0.25) is 24.0 Å². The maximum atomic E-state index is 13.7. The van der Waals surface area contributed by atoms with Crippen molar-refractivity contribution in [3.63, 3.8) is 0 Å². The Morgan fingerprint density at radius 2 is 1.93 bits per heavy atom. The summed E-state index contributed by atoms with van der Waals surface area (Å²) in [6, 6.07) is 9.12. The van der Waals surface area contributed by atoms with Crippen molar-refractivity contribution in [2.24, 2.45) is 18.4 Å². The van der Waals surface area contributed by atoms with Gasteiger partial charge in [-0.05, 0) is 50.5 Å². The van der Waals surface area contributed by atoms with Gasteiger partial charge in [0.15, 0.2) is 0 Å². The van der Waals surface area contributed by atoms with E-state index < -0.39 is 11.5 Å². The minimum atomic E-state index is -0.666. The molecule has 0 bridgehead atoms. The summed E-state index contributed by atoms with van der Waals surface area (Å²) in [5.74, 6) is -0.139. The molecule has 41 heavy (non-hydrogen) atoms. The lowest BCUT2D eigenvalue weighted by Crippen LogP contribution is -2.58. The van der Waals surface area contributed by atoms with E-state index in [0.717, 1.165) is 29.8 Å². The number of allylic oxidation sites excluding steroid dienone is 2. The van der Waals surface area contributed by atoms with Gasteiger partial charge in [0, 0.05) is 45.8 Å². The highest BCUT2D eigenvalue weighted by Gasteiger charge is 2.41. The van der Waals surface area contributed by atoms with E-state index >= 15 is 0 Å². The second-order valence-corrected chi connectivity index (χ2v) is 11.7. The van der Waals surface area contributed by atoms with Gasteiger partial charge in [-0.25, -0.2) is 0 Å². The number of likely N-dealkylation sites (tertiary alicyclic amines) is 1. The number of benzene rings is 1. The van der Waals surface area contributed by atoms with Crippen molar-refractivity contribution in [3.8, 4) is 0 Å². The Hall–Kier alpha value is -3.50. The number of amides is 3. The zero-order valence-electron chi connectivity index (χ0n) is 24.1. The van der Waals surface area contributed by atoms with Crippen molar-refractivity contribution in [1.29, 1.82) is 0 Å². The SMILES string of the molecule is Cc1c(NC(=O)CN2CC[C@@H]3NC(=O)[C@@H](Cc4ccccc4)NC(=O)C4(C/C=C/C[C@@H]3C2)CCOCC4)cnn1C. The summed E-state index contributed by atoms with van der Waals surface area (Å²) in [5.41, 5.74) is 2.05. The van der Waals surface area contributed by atoms with E-state index in [1.54, 1.807) is 10.9 Å². The van der Waals surface area contributed by atoms with Gasteiger partial charge in [-0.15, -0.1) is 0 Å². The molecule has 2 fully saturated rings. The zero-order chi connectivity index (χ0) is 28.8. The Morgan fingerprint density at radius 1 is 1.15 bits per heavy atom. The number of carbonyl (C=O) groups excluding carboxylic acids is 3. The van der Waals surface area contributed by atoms with Crippen LogP contribution in [0.15, 0.2) is 48.7 Å². The number of carbonyl (C=O) groups is 3. The topological polar surface area (TPSA) is 118 Å². The van der Waals surface area contributed by atoms with Crippen LogP contribution in [0, 0.1) is 18.3 Å². The summed E-state index contributed by atoms with van der Waals surface area (Å²) in [7, 11) is 1.85. The molecule has 3 amide bonds. The number of piperidine rings is 1. The number of nitrogens with one attached hydrogen (secondary N) is 3. The maximum Gasteiger partial charge on any atom is 0.243 e. The van der Waals surface area contributed by atoms with Crippen LogP contribution in [-0.4, -0.2) is 77.3 Å². The van der Waals surface area contributed by atoms with E-state index in [-0.39, 0.29) is 36.2 Å². The fourth-order valence-electron chi connectivity index (χ4n) is 6.21. The minimum Gasteiger partial charge on any atom is -0.381 e.